The molecule has 0 aromatic rings. The number of halogens is 4. The fourth-order valence-electron chi connectivity index (χ4n) is 0. The summed E-state index contributed by atoms with van der Waals surface area (Å²) in [6, 6.07) is 0. The molecule has 5 heteroatoms. The number of hydrogen-bond acceptors (Lipinski definition) is 0. The number of alkyl halides is 4. The normalized spacial score (nSPS) is 10.0. The maximum absolute atomic E-state index is 10.3. The van der Waals surface area contributed by atoms with E-state index >= 15 is 0 Å². The van der Waals surface area contributed by atoms with E-state index in [0.29, 0.717) is 0 Å². The van der Waals surface area contributed by atoms with Crippen LogP contribution in [0.5, 0.6) is 0 Å². The molecular weight excluding hydrogens is 173 g/mol. The van der Waals surface area contributed by atoms with Gasteiger partial charge in [-0.3, -0.25) is 0 Å². The minimum absolute atomic E-state index is 0. The Morgan fingerprint density at radius 3 is 1.17 bits per heavy atom. The van der Waals surface area contributed by atoms with E-state index < -0.39 is 5.09 Å². The molecular formula is CH2BrF3Mg. The van der Waals surface area contributed by atoms with Crippen LogP contribution in [-0.2, 0) is 0 Å². The molecule has 0 aromatic heterocycles. The molecule has 0 rings (SSSR count). The van der Waals surface area contributed by atoms with Gasteiger partial charge in [-0.25, -0.2) is 0 Å². The van der Waals surface area contributed by atoms with E-state index in [2.05, 4.69) is 0 Å². The standard InChI is InChI=1S/CBrF3.Mg.2H/c2-1(3,4)5;;;. The second kappa shape index (κ2) is 3.09. The maximum Gasteiger partial charge on any atom is 0.448 e. The molecule has 0 fully saturated rings. The zero-order valence-corrected chi connectivity index (χ0v) is 3.60. The molecule has 0 aliphatic carbocycles. The predicted molar refractivity (Wildman–Crippen MR) is 23.5 cm³/mol. The van der Waals surface area contributed by atoms with Crippen molar-refractivity contribution in [2.45, 2.75) is 5.09 Å². The predicted octanol–water partition coefficient (Wildman–Crippen LogP) is 0.985. The van der Waals surface area contributed by atoms with Crippen LogP contribution < -0.4 is 0 Å². The van der Waals surface area contributed by atoms with Gasteiger partial charge in [-0.05, 0) is 0 Å². The average molecular weight is 175 g/mol. The van der Waals surface area contributed by atoms with Gasteiger partial charge in [0, 0.05) is 15.9 Å². The van der Waals surface area contributed by atoms with Crippen molar-refractivity contribution in [1.29, 1.82) is 0 Å². The van der Waals surface area contributed by atoms with Crippen LogP contribution >= 0.6 is 15.9 Å². The highest BCUT2D eigenvalue weighted by Gasteiger charge is 2.19. The monoisotopic (exact) mass is 174 g/mol. The van der Waals surface area contributed by atoms with Crippen molar-refractivity contribution in [2.75, 3.05) is 0 Å². The summed E-state index contributed by atoms with van der Waals surface area (Å²) in [5, 5.41) is -4.19. The lowest BCUT2D eigenvalue weighted by Gasteiger charge is -1.85. The molecule has 0 amide bonds. The fraction of sp³-hybridized carbons (Fsp3) is 1.00. The Balaban J connectivity index is 0. The van der Waals surface area contributed by atoms with Gasteiger partial charge in [0.2, 0.25) is 0 Å². The molecule has 36 valence electrons. The first-order chi connectivity index (χ1) is 2.00. The third kappa shape index (κ3) is 76.4. The Morgan fingerprint density at radius 2 is 1.17 bits per heavy atom. The minimum Gasteiger partial charge on any atom is -0.160 e. The smallest absolute Gasteiger partial charge is 0.160 e. The van der Waals surface area contributed by atoms with Crippen LogP contribution in [0.15, 0.2) is 0 Å². The number of rotatable bonds is 0. The topological polar surface area (TPSA) is 0 Å². The summed E-state index contributed by atoms with van der Waals surface area (Å²) in [6.45, 7) is 0. The van der Waals surface area contributed by atoms with Crippen LogP contribution in [0.1, 0.15) is 0 Å². The lowest BCUT2D eigenvalue weighted by molar-refractivity contribution is -0.0245. The second-order valence-electron chi connectivity index (χ2n) is 0.429. The summed E-state index contributed by atoms with van der Waals surface area (Å²) in [5.74, 6) is 0. The molecule has 0 saturated heterocycles. The van der Waals surface area contributed by atoms with Crippen LogP contribution in [-0.4, -0.2) is 28.1 Å². The highest BCUT2D eigenvalue weighted by Crippen LogP contribution is 2.21. The van der Waals surface area contributed by atoms with Gasteiger partial charge < -0.3 is 0 Å². The summed E-state index contributed by atoms with van der Waals surface area (Å²) in [6.07, 6.45) is 0. The zero-order chi connectivity index (χ0) is 4.50. The first kappa shape index (κ1) is 10.1. The SMILES string of the molecule is FC(F)(F)Br.[MgH2]. The van der Waals surface area contributed by atoms with Crippen molar-refractivity contribution >= 4 is 39.0 Å². The van der Waals surface area contributed by atoms with Crippen LogP contribution in [0.4, 0.5) is 13.2 Å². The summed E-state index contributed by atoms with van der Waals surface area (Å²) in [7, 11) is 0. The molecule has 0 unspecified atom stereocenters. The molecule has 0 nitrogen and oxygen atoms in total. The Morgan fingerprint density at radius 1 is 1.17 bits per heavy atom. The van der Waals surface area contributed by atoms with E-state index in [1.54, 1.807) is 0 Å². The fourth-order valence-corrected chi connectivity index (χ4v) is 0. The van der Waals surface area contributed by atoms with Crippen LogP contribution in [0, 0.1) is 0 Å². The van der Waals surface area contributed by atoms with E-state index in [-0.39, 0.29) is 23.1 Å². The summed E-state index contributed by atoms with van der Waals surface area (Å²) in [4.78, 5) is 0. The van der Waals surface area contributed by atoms with Crippen LogP contribution in [0.3, 0.4) is 0 Å². The van der Waals surface area contributed by atoms with Gasteiger partial charge in [-0.1, -0.05) is 0 Å². The highest BCUT2D eigenvalue weighted by molar-refractivity contribution is 9.09. The second-order valence-corrected chi connectivity index (χ2v) is 1.33. The minimum atomic E-state index is -4.19. The Hall–Kier alpha value is 1.04. The van der Waals surface area contributed by atoms with Crippen molar-refractivity contribution in [3.63, 3.8) is 0 Å². The van der Waals surface area contributed by atoms with E-state index in [0.717, 1.165) is 0 Å². The van der Waals surface area contributed by atoms with E-state index in [9.17, 15) is 13.2 Å². The van der Waals surface area contributed by atoms with Gasteiger partial charge in [0.15, 0.2) is 0 Å². The molecule has 0 aromatic carbocycles. The van der Waals surface area contributed by atoms with Crippen LogP contribution in [0.25, 0.3) is 0 Å². The third-order valence-corrected chi connectivity index (χ3v) is 0. The van der Waals surface area contributed by atoms with E-state index in [1.807, 2.05) is 0 Å². The summed E-state index contributed by atoms with van der Waals surface area (Å²) in [5.41, 5.74) is 0. The zero-order valence-electron chi connectivity index (χ0n) is 2.01. The lowest BCUT2D eigenvalue weighted by atomic mass is 11.6. The molecule has 6 heavy (non-hydrogen) atoms. The summed E-state index contributed by atoms with van der Waals surface area (Å²) >= 11 is 1.38. The van der Waals surface area contributed by atoms with Gasteiger partial charge in [0.25, 0.3) is 0 Å². The molecule has 0 radical (unpaired) electrons. The van der Waals surface area contributed by atoms with Gasteiger partial charge in [-0.15, -0.1) is 0 Å². The maximum atomic E-state index is 10.3. The molecule has 0 spiro atoms. The molecule has 0 heterocycles. The Labute approximate surface area is 57.4 Å². The van der Waals surface area contributed by atoms with Crippen molar-refractivity contribution < 1.29 is 13.2 Å². The molecule has 0 atom stereocenters. The first-order valence-electron chi connectivity index (χ1n) is 0.756. The van der Waals surface area contributed by atoms with Gasteiger partial charge >= 0.3 is 28.1 Å². The lowest BCUT2D eigenvalue weighted by Crippen LogP contribution is -1.88. The molecule has 0 saturated carbocycles. The average Bonchev–Trinajstić information content (AvgIpc) is 0.722. The van der Waals surface area contributed by atoms with Gasteiger partial charge in [0.1, 0.15) is 0 Å². The first-order valence-corrected chi connectivity index (χ1v) is 1.55. The molecule has 0 bridgehead atoms. The van der Waals surface area contributed by atoms with Crippen molar-refractivity contribution in [3.8, 4) is 0 Å². The molecule has 0 N–H and O–H groups in total. The highest BCUT2D eigenvalue weighted by atomic mass is 79.9. The van der Waals surface area contributed by atoms with Crippen molar-refractivity contribution in [1.82, 2.24) is 0 Å². The van der Waals surface area contributed by atoms with Crippen molar-refractivity contribution in [2.24, 2.45) is 0 Å². The summed E-state index contributed by atoms with van der Waals surface area (Å²) < 4.78 is 30.8. The quantitative estimate of drug-likeness (QED) is 0.380. The van der Waals surface area contributed by atoms with Crippen LogP contribution in [0.2, 0.25) is 0 Å². The molecule has 0 aliphatic heterocycles. The third-order valence-electron chi connectivity index (χ3n) is 0. The number of hydrogen-bond donors (Lipinski definition) is 0. The molecule has 0 aliphatic rings. The Bertz CT molecular complexity index is 26.3. The van der Waals surface area contributed by atoms with Crippen molar-refractivity contribution in [3.05, 3.63) is 0 Å². The Kier molecular flexibility index (Phi) is 5.21. The van der Waals surface area contributed by atoms with E-state index in [1.165, 1.54) is 15.9 Å². The largest absolute Gasteiger partial charge is 0.448 e. The van der Waals surface area contributed by atoms with Gasteiger partial charge in [-0.2, -0.15) is 13.2 Å². The van der Waals surface area contributed by atoms with Gasteiger partial charge in [0.05, 0.1) is 0 Å². The van der Waals surface area contributed by atoms with E-state index in [4.69, 9.17) is 0 Å².